The van der Waals surface area contributed by atoms with Crippen LogP contribution in [0.25, 0.3) is 21.8 Å². The molecule has 0 unspecified atom stereocenters. The second-order valence-electron chi connectivity index (χ2n) is 8.59. The summed E-state index contributed by atoms with van der Waals surface area (Å²) in [4.78, 5) is 20.1. The molecule has 155 valence electrons. The summed E-state index contributed by atoms with van der Waals surface area (Å²) in [6.45, 7) is 6.32. The van der Waals surface area contributed by atoms with E-state index in [-0.39, 0.29) is 0 Å². The van der Waals surface area contributed by atoms with Crippen molar-refractivity contribution in [3.05, 3.63) is 47.9 Å². The Labute approximate surface area is 182 Å². The van der Waals surface area contributed by atoms with Crippen LogP contribution in [-0.4, -0.2) is 53.1 Å². The van der Waals surface area contributed by atoms with Gasteiger partial charge in [0.1, 0.15) is 0 Å². The first-order chi connectivity index (χ1) is 14.7. The Morgan fingerprint density at radius 2 is 1.87 bits per heavy atom. The van der Waals surface area contributed by atoms with Crippen LogP contribution in [0.5, 0.6) is 0 Å². The minimum absolute atomic E-state index is 0.550. The lowest BCUT2D eigenvalue weighted by atomic mass is 9.96. The predicted molar refractivity (Wildman–Crippen MR) is 123 cm³/mol. The van der Waals surface area contributed by atoms with Crippen molar-refractivity contribution in [2.45, 2.75) is 38.5 Å². The van der Waals surface area contributed by atoms with Gasteiger partial charge in [0.15, 0.2) is 11.5 Å². The minimum atomic E-state index is 0.550. The van der Waals surface area contributed by atoms with Crippen molar-refractivity contribution < 1.29 is 0 Å². The Balaban J connectivity index is 1.62. The number of likely N-dealkylation sites (N-methyl/N-ethyl adjacent to an activating group) is 1. The first-order valence-electron chi connectivity index (χ1n) is 10.9. The smallest absolute Gasteiger partial charge is 0.198 e. The second-order valence-corrected chi connectivity index (χ2v) is 9.57. The number of benzene rings is 1. The second kappa shape index (κ2) is 8.44. The van der Waals surface area contributed by atoms with E-state index in [0.717, 1.165) is 53.1 Å². The highest BCUT2D eigenvalue weighted by molar-refractivity contribution is 7.19. The number of piperazine rings is 1. The standard InChI is InChI=1S/C24H28N5S/c1-17-6-5-9-19(14-17)21-23(30-24(27-21)29-12-10-28(2)11-13-29)22-20(15-25-16-26-22)18-7-3-4-8-18/h5-6,9,14-15,18H,3-4,7-8,10-13H2,1-2H3. The zero-order chi connectivity index (χ0) is 20.5. The third-order valence-electron chi connectivity index (χ3n) is 6.39. The number of rotatable bonds is 4. The van der Waals surface area contributed by atoms with Gasteiger partial charge < -0.3 is 9.80 Å². The van der Waals surface area contributed by atoms with Gasteiger partial charge in [-0.05, 0) is 38.8 Å². The zero-order valence-corrected chi connectivity index (χ0v) is 18.6. The first-order valence-corrected chi connectivity index (χ1v) is 11.8. The molecule has 1 saturated heterocycles. The molecule has 1 aliphatic carbocycles. The van der Waals surface area contributed by atoms with E-state index in [9.17, 15) is 0 Å². The SMILES string of the molecule is Cc1cccc(-c2nc(N3CCN(C)CC3)sc2-c2n[c]ncc2C2CCCC2)c1. The highest BCUT2D eigenvalue weighted by atomic mass is 32.1. The number of aryl methyl sites for hydroxylation is 1. The van der Waals surface area contributed by atoms with Crippen LogP contribution in [0.1, 0.15) is 42.7 Å². The molecule has 3 heterocycles. The molecular weight excluding hydrogens is 390 g/mol. The summed E-state index contributed by atoms with van der Waals surface area (Å²) >= 11 is 1.78. The van der Waals surface area contributed by atoms with E-state index >= 15 is 0 Å². The van der Waals surface area contributed by atoms with E-state index < -0.39 is 0 Å². The van der Waals surface area contributed by atoms with Crippen LogP contribution >= 0.6 is 11.3 Å². The quantitative estimate of drug-likeness (QED) is 0.610. The van der Waals surface area contributed by atoms with Crippen LogP contribution in [0.15, 0.2) is 30.5 Å². The number of nitrogens with zero attached hydrogens (tertiary/aromatic N) is 5. The number of aromatic nitrogens is 3. The van der Waals surface area contributed by atoms with Crippen molar-refractivity contribution in [2.75, 3.05) is 38.1 Å². The topological polar surface area (TPSA) is 45.2 Å². The fourth-order valence-electron chi connectivity index (χ4n) is 4.61. The molecule has 6 heteroatoms. The van der Waals surface area contributed by atoms with Crippen molar-refractivity contribution in [3.8, 4) is 21.8 Å². The minimum Gasteiger partial charge on any atom is -0.345 e. The molecule has 0 N–H and O–H groups in total. The summed E-state index contributed by atoms with van der Waals surface area (Å²) in [6.07, 6.45) is 9.90. The van der Waals surface area contributed by atoms with Crippen molar-refractivity contribution in [1.29, 1.82) is 0 Å². The molecule has 1 radical (unpaired) electrons. The lowest BCUT2D eigenvalue weighted by Gasteiger charge is -2.32. The van der Waals surface area contributed by atoms with E-state index in [4.69, 9.17) is 4.98 Å². The van der Waals surface area contributed by atoms with Gasteiger partial charge in [-0.2, -0.15) is 0 Å². The van der Waals surface area contributed by atoms with Crippen LogP contribution in [0.3, 0.4) is 0 Å². The van der Waals surface area contributed by atoms with E-state index in [2.05, 4.69) is 64.3 Å². The van der Waals surface area contributed by atoms with Gasteiger partial charge in [-0.3, -0.25) is 0 Å². The van der Waals surface area contributed by atoms with Gasteiger partial charge in [0, 0.05) is 43.5 Å². The third kappa shape index (κ3) is 3.86. The summed E-state index contributed by atoms with van der Waals surface area (Å²) in [5, 5.41) is 1.10. The Morgan fingerprint density at radius 3 is 2.63 bits per heavy atom. The van der Waals surface area contributed by atoms with Crippen molar-refractivity contribution in [2.24, 2.45) is 0 Å². The molecule has 0 bridgehead atoms. The fourth-order valence-corrected chi connectivity index (χ4v) is 5.76. The molecule has 0 amide bonds. The normalized spacial score (nSPS) is 18.3. The molecule has 5 nitrogen and oxygen atoms in total. The molecule has 2 fully saturated rings. The van der Waals surface area contributed by atoms with Crippen LogP contribution < -0.4 is 4.90 Å². The first kappa shape index (κ1) is 19.6. The monoisotopic (exact) mass is 418 g/mol. The highest BCUT2D eigenvalue weighted by Crippen LogP contribution is 2.44. The van der Waals surface area contributed by atoms with Gasteiger partial charge in [0.2, 0.25) is 0 Å². The molecule has 0 atom stereocenters. The average Bonchev–Trinajstić information content (AvgIpc) is 3.45. The van der Waals surface area contributed by atoms with Crippen LogP contribution in [0, 0.1) is 13.3 Å². The van der Waals surface area contributed by atoms with E-state index in [1.807, 2.05) is 6.20 Å². The summed E-state index contributed by atoms with van der Waals surface area (Å²) in [5.74, 6) is 0.550. The van der Waals surface area contributed by atoms with Crippen molar-refractivity contribution >= 4 is 16.5 Å². The molecular formula is C24H28N5S. The maximum atomic E-state index is 5.17. The molecule has 1 aromatic carbocycles. The molecule has 1 aliphatic heterocycles. The van der Waals surface area contributed by atoms with Crippen LogP contribution in [0.2, 0.25) is 0 Å². The molecule has 1 saturated carbocycles. The summed E-state index contributed by atoms with van der Waals surface area (Å²) in [7, 11) is 2.19. The number of anilines is 1. The molecule has 0 spiro atoms. The van der Waals surface area contributed by atoms with Gasteiger partial charge in [-0.25, -0.2) is 15.0 Å². The van der Waals surface area contributed by atoms with E-state index in [1.54, 1.807) is 11.3 Å². The summed E-state index contributed by atoms with van der Waals surface area (Å²) < 4.78 is 0. The largest absolute Gasteiger partial charge is 0.345 e. The Morgan fingerprint density at radius 1 is 1.07 bits per heavy atom. The number of hydrogen-bond acceptors (Lipinski definition) is 6. The van der Waals surface area contributed by atoms with Crippen LogP contribution in [0.4, 0.5) is 5.13 Å². The molecule has 3 aromatic rings. The lowest BCUT2D eigenvalue weighted by Crippen LogP contribution is -2.44. The van der Waals surface area contributed by atoms with Crippen molar-refractivity contribution in [3.63, 3.8) is 0 Å². The highest BCUT2D eigenvalue weighted by Gasteiger charge is 2.27. The van der Waals surface area contributed by atoms with Gasteiger partial charge in [0.25, 0.3) is 0 Å². The molecule has 2 aliphatic rings. The molecule has 2 aromatic heterocycles. The maximum Gasteiger partial charge on any atom is 0.198 e. The fraction of sp³-hybridized carbons (Fsp3) is 0.458. The summed E-state index contributed by atoms with van der Waals surface area (Å²) in [6, 6.07) is 8.65. The third-order valence-corrected chi connectivity index (χ3v) is 7.51. The van der Waals surface area contributed by atoms with Gasteiger partial charge >= 0.3 is 0 Å². The zero-order valence-electron chi connectivity index (χ0n) is 17.8. The Bertz CT molecular complexity index is 1020. The van der Waals surface area contributed by atoms with Gasteiger partial charge in [-0.1, -0.05) is 47.9 Å². The van der Waals surface area contributed by atoms with Gasteiger partial charge in [-0.15, -0.1) is 0 Å². The van der Waals surface area contributed by atoms with E-state index in [0.29, 0.717) is 5.92 Å². The molecule has 30 heavy (non-hydrogen) atoms. The Kier molecular flexibility index (Phi) is 5.52. The lowest BCUT2D eigenvalue weighted by molar-refractivity contribution is 0.313. The number of hydrogen-bond donors (Lipinski definition) is 0. The maximum absolute atomic E-state index is 5.17. The average molecular weight is 419 g/mol. The van der Waals surface area contributed by atoms with E-state index in [1.165, 1.54) is 36.8 Å². The summed E-state index contributed by atoms with van der Waals surface area (Å²) in [5.41, 5.74) is 5.76. The predicted octanol–water partition coefficient (Wildman–Crippen LogP) is 4.79. The van der Waals surface area contributed by atoms with Crippen LogP contribution in [-0.2, 0) is 0 Å². The van der Waals surface area contributed by atoms with Gasteiger partial charge in [0.05, 0.1) is 16.3 Å². The van der Waals surface area contributed by atoms with Crippen molar-refractivity contribution in [1.82, 2.24) is 19.9 Å². The molecule has 5 rings (SSSR count). The number of thiazole rings is 1. The Hall–Kier alpha value is -2.31.